The zero-order valence-corrected chi connectivity index (χ0v) is 19.1. The molecule has 2 aromatic carbocycles. The first-order valence-electron chi connectivity index (χ1n) is 11.5. The van der Waals surface area contributed by atoms with Gasteiger partial charge in [-0.2, -0.15) is 4.31 Å². The zero-order chi connectivity index (χ0) is 21.7. The van der Waals surface area contributed by atoms with Crippen molar-refractivity contribution in [3.63, 3.8) is 0 Å². The molecule has 4 rings (SSSR count). The van der Waals surface area contributed by atoms with Crippen LogP contribution in [0.15, 0.2) is 52.9 Å². The highest BCUT2D eigenvalue weighted by Crippen LogP contribution is 2.36. The second-order valence-corrected chi connectivity index (χ2v) is 10.5. The van der Waals surface area contributed by atoms with Crippen molar-refractivity contribution in [2.75, 3.05) is 12.3 Å². The molecule has 0 unspecified atom stereocenters. The van der Waals surface area contributed by atoms with Gasteiger partial charge in [-0.05, 0) is 42.5 Å². The molecule has 1 atom stereocenters. The fraction of sp³-hybridized carbons (Fsp3) is 0.480. The van der Waals surface area contributed by atoms with Gasteiger partial charge in [0.1, 0.15) is 11.6 Å². The normalized spacial score (nSPS) is 17.5. The fourth-order valence-corrected chi connectivity index (χ4v) is 6.19. The summed E-state index contributed by atoms with van der Waals surface area (Å²) in [5.74, 6) is 0.734. The molecule has 6 heteroatoms. The van der Waals surface area contributed by atoms with Gasteiger partial charge < -0.3 is 4.42 Å². The summed E-state index contributed by atoms with van der Waals surface area (Å²) in [7, 11) is -3.31. The Morgan fingerprint density at radius 2 is 1.77 bits per heavy atom. The number of hydrogen-bond donors (Lipinski definition) is 0. The van der Waals surface area contributed by atoms with E-state index in [9.17, 15) is 8.42 Å². The minimum atomic E-state index is -3.31. The molecule has 0 aliphatic carbocycles. The maximum Gasteiger partial charge on any atom is 0.214 e. The topological polar surface area (TPSA) is 63.4 Å². The minimum Gasteiger partial charge on any atom is -0.439 e. The third kappa shape index (κ3) is 5.18. The molecule has 2 heterocycles. The van der Waals surface area contributed by atoms with Crippen LogP contribution in [0.25, 0.3) is 22.2 Å². The van der Waals surface area contributed by atoms with Crippen molar-refractivity contribution in [2.24, 2.45) is 0 Å². The average Bonchev–Trinajstić information content (AvgIpc) is 3.43. The number of nitrogens with zero attached hydrogens (tertiary/aromatic N) is 2. The number of hydrogen-bond acceptors (Lipinski definition) is 4. The summed E-state index contributed by atoms with van der Waals surface area (Å²) >= 11 is 0. The van der Waals surface area contributed by atoms with E-state index in [-0.39, 0.29) is 11.8 Å². The Hall–Kier alpha value is -2.18. The van der Waals surface area contributed by atoms with Crippen LogP contribution in [-0.4, -0.2) is 30.0 Å². The average molecular weight is 441 g/mol. The molecule has 1 aliphatic heterocycles. The molecule has 3 aromatic rings. The molecular formula is C25H32N2O3S. The Kier molecular flexibility index (Phi) is 7.08. The molecule has 1 aromatic heterocycles. The first kappa shape index (κ1) is 22.0. The molecule has 0 bridgehead atoms. The summed E-state index contributed by atoms with van der Waals surface area (Å²) in [5.41, 5.74) is 3.68. The van der Waals surface area contributed by atoms with Gasteiger partial charge in [-0.3, -0.25) is 0 Å². The molecule has 1 aliphatic rings. The molecule has 0 radical (unpaired) electrons. The predicted octanol–water partition coefficient (Wildman–Crippen LogP) is 6.32. The highest BCUT2D eigenvalue weighted by molar-refractivity contribution is 7.89. The Labute approximate surface area is 185 Å². The number of aromatic nitrogens is 1. The van der Waals surface area contributed by atoms with Gasteiger partial charge in [-0.15, -0.1) is 0 Å². The van der Waals surface area contributed by atoms with E-state index in [0.717, 1.165) is 48.7 Å². The SMILES string of the molecule is CCCCCCCCS(=O)(=O)N1CCC[C@H]1c1nc2cc(-c3ccccc3)ccc2o1. The van der Waals surface area contributed by atoms with E-state index >= 15 is 0 Å². The minimum absolute atomic E-state index is 0.216. The van der Waals surface area contributed by atoms with Crippen molar-refractivity contribution in [3.8, 4) is 11.1 Å². The number of unbranched alkanes of at least 4 members (excludes halogenated alkanes) is 5. The molecule has 0 saturated carbocycles. The smallest absolute Gasteiger partial charge is 0.214 e. The van der Waals surface area contributed by atoms with Gasteiger partial charge in [0, 0.05) is 6.54 Å². The van der Waals surface area contributed by atoms with Gasteiger partial charge in [0.25, 0.3) is 0 Å². The lowest BCUT2D eigenvalue weighted by Gasteiger charge is -2.21. The first-order valence-corrected chi connectivity index (χ1v) is 13.1. The van der Waals surface area contributed by atoms with E-state index in [4.69, 9.17) is 9.40 Å². The summed E-state index contributed by atoms with van der Waals surface area (Å²) in [4.78, 5) is 4.70. The molecule has 166 valence electrons. The molecule has 0 amide bonds. The van der Waals surface area contributed by atoms with Crippen LogP contribution >= 0.6 is 0 Å². The van der Waals surface area contributed by atoms with E-state index in [1.165, 1.54) is 19.3 Å². The van der Waals surface area contributed by atoms with Gasteiger partial charge in [0.05, 0.1) is 5.75 Å². The Morgan fingerprint density at radius 3 is 2.58 bits per heavy atom. The Bertz CT molecular complexity index is 1090. The maximum atomic E-state index is 13.0. The molecule has 31 heavy (non-hydrogen) atoms. The van der Waals surface area contributed by atoms with Gasteiger partial charge >= 0.3 is 0 Å². The molecule has 0 N–H and O–H groups in total. The Morgan fingerprint density at radius 1 is 1.00 bits per heavy atom. The predicted molar refractivity (Wildman–Crippen MR) is 125 cm³/mol. The van der Waals surface area contributed by atoms with Crippen molar-refractivity contribution in [1.29, 1.82) is 0 Å². The van der Waals surface area contributed by atoms with Crippen LogP contribution in [0, 0.1) is 0 Å². The van der Waals surface area contributed by atoms with Crippen molar-refractivity contribution in [3.05, 3.63) is 54.4 Å². The van der Waals surface area contributed by atoms with Crippen molar-refractivity contribution in [1.82, 2.24) is 9.29 Å². The van der Waals surface area contributed by atoms with Gasteiger partial charge in [-0.1, -0.05) is 75.4 Å². The van der Waals surface area contributed by atoms with E-state index in [1.807, 2.05) is 36.4 Å². The third-order valence-corrected chi connectivity index (χ3v) is 8.07. The molecule has 1 saturated heterocycles. The number of benzene rings is 2. The molecule has 0 spiro atoms. The molecule has 5 nitrogen and oxygen atoms in total. The number of fused-ring (bicyclic) bond motifs is 1. The van der Waals surface area contributed by atoms with Crippen LogP contribution in [0.3, 0.4) is 0 Å². The molecular weight excluding hydrogens is 408 g/mol. The van der Waals surface area contributed by atoms with Crippen LogP contribution in [0.2, 0.25) is 0 Å². The largest absolute Gasteiger partial charge is 0.439 e. The lowest BCUT2D eigenvalue weighted by atomic mass is 10.1. The quantitative estimate of drug-likeness (QED) is 0.346. The standard InChI is InChI=1S/C25H32N2O3S/c1-2-3-4-5-6-10-18-31(28,29)27-17-11-14-23(27)25-26-22-19-21(15-16-24(22)30-25)20-12-8-7-9-13-20/h7-9,12-13,15-16,19,23H,2-6,10-11,14,17-18H2,1H3/t23-/m0/s1. The number of oxazole rings is 1. The molecule has 1 fully saturated rings. The summed E-state index contributed by atoms with van der Waals surface area (Å²) in [6, 6.07) is 15.8. The van der Waals surface area contributed by atoms with Gasteiger partial charge in [0.15, 0.2) is 5.58 Å². The third-order valence-electron chi connectivity index (χ3n) is 6.11. The van der Waals surface area contributed by atoms with Crippen LogP contribution in [0.4, 0.5) is 0 Å². The van der Waals surface area contributed by atoms with E-state index in [0.29, 0.717) is 18.0 Å². The second kappa shape index (κ2) is 9.96. The summed E-state index contributed by atoms with van der Waals surface area (Å²) in [5, 5.41) is 0. The summed E-state index contributed by atoms with van der Waals surface area (Å²) in [6.45, 7) is 2.74. The van der Waals surface area contributed by atoms with Crippen LogP contribution in [0.1, 0.15) is 70.2 Å². The first-order chi connectivity index (χ1) is 15.1. The van der Waals surface area contributed by atoms with Gasteiger partial charge in [0.2, 0.25) is 15.9 Å². The van der Waals surface area contributed by atoms with Gasteiger partial charge in [-0.25, -0.2) is 13.4 Å². The Balaban J connectivity index is 1.47. The monoisotopic (exact) mass is 440 g/mol. The summed E-state index contributed by atoms with van der Waals surface area (Å²) in [6.07, 6.45) is 8.03. The van der Waals surface area contributed by atoms with Crippen molar-refractivity contribution >= 4 is 21.1 Å². The highest BCUT2D eigenvalue weighted by atomic mass is 32.2. The van der Waals surface area contributed by atoms with Crippen LogP contribution in [-0.2, 0) is 10.0 Å². The summed E-state index contributed by atoms with van der Waals surface area (Å²) < 4.78 is 33.7. The fourth-order valence-electron chi connectivity index (χ4n) is 4.40. The lowest BCUT2D eigenvalue weighted by Crippen LogP contribution is -2.32. The van der Waals surface area contributed by atoms with Crippen LogP contribution in [0.5, 0.6) is 0 Å². The number of rotatable bonds is 10. The highest BCUT2D eigenvalue weighted by Gasteiger charge is 2.37. The lowest BCUT2D eigenvalue weighted by molar-refractivity contribution is 0.336. The zero-order valence-electron chi connectivity index (χ0n) is 18.3. The van der Waals surface area contributed by atoms with Crippen LogP contribution < -0.4 is 0 Å². The van der Waals surface area contributed by atoms with E-state index in [2.05, 4.69) is 19.1 Å². The number of sulfonamides is 1. The maximum absolute atomic E-state index is 13.0. The second-order valence-electron chi connectivity index (χ2n) is 8.45. The van der Waals surface area contributed by atoms with E-state index < -0.39 is 10.0 Å². The van der Waals surface area contributed by atoms with Crippen molar-refractivity contribution < 1.29 is 12.8 Å². The van der Waals surface area contributed by atoms with Crippen molar-refractivity contribution in [2.45, 2.75) is 64.3 Å². The van der Waals surface area contributed by atoms with E-state index in [1.54, 1.807) is 4.31 Å².